The maximum absolute atomic E-state index is 10.9. The minimum Gasteiger partial charge on any atom is -0.489 e. The van der Waals surface area contributed by atoms with Gasteiger partial charge in [0.1, 0.15) is 37.5 Å². The Bertz CT molecular complexity index is 1150. The monoisotopic (exact) mass is 458 g/mol. The molecule has 0 heterocycles. The van der Waals surface area contributed by atoms with Crippen molar-refractivity contribution < 1.29 is 24.2 Å². The minimum atomic E-state index is -0.863. The van der Waals surface area contributed by atoms with E-state index in [4.69, 9.17) is 24.7 Å². The normalized spacial score (nSPS) is 10.9. The van der Waals surface area contributed by atoms with Crippen molar-refractivity contribution in [3.8, 4) is 17.6 Å². The largest absolute Gasteiger partial charge is 0.489 e. The van der Waals surface area contributed by atoms with E-state index >= 15 is 0 Å². The number of aryl methyl sites for hydroxylation is 1. The van der Waals surface area contributed by atoms with E-state index in [1.807, 2.05) is 60.7 Å². The standard InChI is InChI=1S/C27H26N2O5/c1-32-29-26(22-5-3-2-4-6-22)19-34-24-11-7-20(8-12-24)18-33-25-13-9-21(10-14-27(30)31)23(17-25)15-16-28/h2-9,11-13,17H,10,14-15,18-19H2,1H3,(H,30,31)/b29-26-. The number of ether oxygens (including phenoxy) is 2. The molecule has 0 bridgehead atoms. The summed E-state index contributed by atoms with van der Waals surface area (Å²) in [5.74, 6) is 0.466. The summed E-state index contributed by atoms with van der Waals surface area (Å²) in [6.45, 7) is 0.616. The Kier molecular flexibility index (Phi) is 9.06. The Morgan fingerprint density at radius 1 is 0.971 bits per heavy atom. The number of hydrogen-bond acceptors (Lipinski definition) is 6. The van der Waals surface area contributed by atoms with Gasteiger partial charge in [0.15, 0.2) is 0 Å². The molecule has 7 nitrogen and oxygen atoms in total. The number of carbonyl (C=O) groups is 1. The SMILES string of the molecule is CO/N=C(/COc1ccc(COc2ccc(CCC(=O)O)c(CC#N)c2)cc1)c1ccccc1. The van der Waals surface area contributed by atoms with Crippen molar-refractivity contribution in [2.45, 2.75) is 25.9 Å². The summed E-state index contributed by atoms with van der Waals surface area (Å²) < 4.78 is 11.7. The van der Waals surface area contributed by atoms with Crippen molar-refractivity contribution in [3.63, 3.8) is 0 Å². The number of aliphatic carboxylic acids is 1. The lowest BCUT2D eigenvalue weighted by atomic mass is 10.0. The molecule has 7 heteroatoms. The van der Waals surface area contributed by atoms with E-state index in [1.54, 1.807) is 12.1 Å². The van der Waals surface area contributed by atoms with Crippen LogP contribution in [0.15, 0.2) is 78.0 Å². The number of carboxylic acids is 1. The molecule has 0 aliphatic heterocycles. The van der Waals surface area contributed by atoms with Crippen LogP contribution < -0.4 is 9.47 Å². The van der Waals surface area contributed by atoms with Crippen LogP contribution in [0.2, 0.25) is 0 Å². The van der Waals surface area contributed by atoms with Crippen LogP contribution in [0.25, 0.3) is 0 Å². The third-order valence-corrected chi connectivity index (χ3v) is 5.07. The molecule has 0 amide bonds. The zero-order valence-corrected chi connectivity index (χ0v) is 18.9. The molecule has 0 saturated heterocycles. The summed E-state index contributed by atoms with van der Waals surface area (Å²) in [5.41, 5.74) is 4.22. The second-order valence-electron chi connectivity index (χ2n) is 7.47. The molecule has 0 fully saturated rings. The van der Waals surface area contributed by atoms with Crippen LogP contribution in [0.5, 0.6) is 11.5 Å². The minimum absolute atomic E-state index is 0.0250. The Morgan fingerprint density at radius 2 is 1.71 bits per heavy atom. The van der Waals surface area contributed by atoms with Gasteiger partial charge in [0, 0.05) is 12.0 Å². The van der Waals surface area contributed by atoms with E-state index in [0.717, 1.165) is 22.3 Å². The Balaban J connectivity index is 1.57. The Labute approximate surface area is 198 Å². The molecule has 0 atom stereocenters. The van der Waals surface area contributed by atoms with Gasteiger partial charge in [-0.2, -0.15) is 5.26 Å². The van der Waals surface area contributed by atoms with Gasteiger partial charge in [0.2, 0.25) is 0 Å². The topological polar surface area (TPSA) is 101 Å². The van der Waals surface area contributed by atoms with E-state index in [1.165, 1.54) is 7.11 Å². The lowest BCUT2D eigenvalue weighted by molar-refractivity contribution is -0.136. The summed E-state index contributed by atoms with van der Waals surface area (Å²) in [7, 11) is 1.50. The molecule has 0 aromatic heterocycles. The van der Waals surface area contributed by atoms with Gasteiger partial charge in [0.05, 0.1) is 12.5 Å². The number of nitriles is 1. The van der Waals surface area contributed by atoms with Gasteiger partial charge in [0.25, 0.3) is 0 Å². The van der Waals surface area contributed by atoms with E-state index in [0.29, 0.717) is 30.2 Å². The molecule has 34 heavy (non-hydrogen) atoms. The first-order valence-electron chi connectivity index (χ1n) is 10.8. The van der Waals surface area contributed by atoms with Crippen molar-refractivity contribution in [3.05, 3.63) is 95.1 Å². The maximum atomic E-state index is 10.9. The van der Waals surface area contributed by atoms with Gasteiger partial charge in [-0.1, -0.05) is 53.7 Å². The second kappa shape index (κ2) is 12.7. The number of oxime groups is 1. The van der Waals surface area contributed by atoms with Gasteiger partial charge in [-0.25, -0.2) is 0 Å². The average Bonchev–Trinajstić information content (AvgIpc) is 2.86. The lowest BCUT2D eigenvalue weighted by Gasteiger charge is -2.12. The molecule has 1 N–H and O–H groups in total. The summed E-state index contributed by atoms with van der Waals surface area (Å²) in [5, 5.41) is 22.1. The van der Waals surface area contributed by atoms with E-state index in [-0.39, 0.29) is 19.4 Å². The van der Waals surface area contributed by atoms with Crippen molar-refractivity contribution in [2.24, 2.45) is 5.16 Å². The number of rotatable bonds is 12. The van der Waals surface area contributed by atoms with E-state index < -0.39 is 5.97 Å². The molecule has 0 saturated carbocycles. The van der Waals surface area contributed by atoms with Crippen LogP contribution >= 0.6 is 0 Å². The third-order valence-electron chi connectivity index (χ3n) is 5.07. The van der Waals surface area contributed by atoms with Crippen LogP contribution in [0, 0.1) is 11.3 Å². The lowest BCUT2D eigenvalue weighted by Crippen LogP contribution is -2.13. The zero-order chi connectivity index (χ0) is 24.2. The molecule has 3 rings (SSSR count). The highest BCUT2D eigenvalue weighted by molar-refractivity contribution is 6.01. The molecule has 0 aliphatic rings. The van der Waals surface area contributed by atoms with Gasteiger partial charge >= 0.3 is 5.97 Å². The molecule has 0 aliphatic carbocycles. The first kappa shape index (κ1) is 24.3. The average molecular weight is 459 g/mol. The molecule has 174 valence electrons. The zero-order valence-electron chi connectivity index (χ0n) is 18.9. The molecular weight excluding hydrogens is 432 g/mol. The van der Waals surface area contributed by atoms with Gasteiger partial charge in [-0.3, -0.25) is 4.79 Å². The molecular formula is C27H26N2O5. The summed E-state index contributed by atoms with van der Waals surface area (Å²) in [6.07, 6.45) is 0.613. The maximum Gasteiger partial charge on any atom is 0.303 e. The predicted octanol–water partition coefficient (Wildman–Crippen LogP) is 4.78. The number of benzene rings is 3. The number of carboxylic acid groups (broad SMARTS) is 1. The highest BCUT2D eigenvalue weighted by atomic mass is 16.6. The van der Waals surface area contributed by atoms with Gasteiger partial charge < -0.3 is 19.4 Å². The molecule has 0 radical (unpaired) electrons. The highest BCUT2D eigenvalue weighted by Gasteiger charge is 2.09. The fraction of sp³-hybridized carbons (Fsp3) is 0.222. The highest BCUT2D eigenvalue weighted by Crippen LogP contribution is 2.22. The fourth-order valence-electron chi connectivity index (χ4n) is 3.33. The Morgan fingerprint density at radius 3 is 2.38 bits per heavy atom. The van der Waals surface area contributed by atoms with Gasteiger partial charge in [-0.15, -0.1) is 0 Å². The number of hydrogen-bond donors (Lipinski definition) is 1. The molecule has 3 aromatic rings. The Hall–Kier alpha value is -4.31. The van der Waals surface area contributed by atoms with Crippen LogP contribution in [0.4, 0.5) is 0 Å². The predicted molar refractivity (Wildman–Crippen MR) is 128 cm³/mol. The van der Waals surface area contributed by atoms with Crippen molar-refractivity contribution in [2.75, 3.05) is 13.7 Å². The van der Waals surface area contributed by atoms with Gasteiger partial charge in [-0.05, 0) is 47.4 Å². The molecule has 0 unspecified atom stereocenters. The van der Waals surface area contributed by atoms with E-state index in [2.05, 4.69) is 11.2 Å². The smallest absolute Gasteiger partial charge is 0.303 e. The fourth-order valence-corrected chi connectivity index (χ4v) is 3.33. The third kappa shape index (κ3) is 7.38. The van der Waals surface area contributed by atoms with Crippen LogP contribution in [-0.2, 0) is 29.1 Å². The van der Waals surface area contributed by atoms with Crippen molar-refractivity contribution in [1.29, 1.82) is 5.26 Å². The summed E-state index contributed by atoms with van der Waals surface area (Å²) in [6, 6.07) is 24.8. The first-order valence-corrected chi connectivity index (χ1v) is 10.8. The summed E-state index contributed by atoms with van der Waals surface area (Å²) >= 11 is 0. The quantitative estimate of drug-likeness (QED) is 0.310. The van der Waals surface area contributed by atoms with Crippen molar-refractivity contribution in [1.82, 2.24) is 0 Å². The molecule has 3 aromatic carbocycles. The molecule has 0 spiro atoms. The van der Waals surface area contributed by atoms with Crippen LogP contribution in [-0.4, -0.2) is 30.5 Å². The van der Waals surface area contributed by atoms with Crippen LogP contribution in [0.1, 0.15) is 28.7 Å². The van der Waals surface area contributed by atoms with Crippen molar-refractivity contribution >= 4 is 11.7 Å². The second-order valence-corrected chi connectivity index (χ2v) is 7.47. The van der Waals surface area contributed by atoms with E-state index in [9.17, 15) is 4.79 Å². The first-order chi connectivity index (χ1) is 16.6. The van der Waals surface area contributed by atoms with Crippen LogP contribution in [0.3, 0.4) is 0 Å². The summed E-state index contributed by atoms with van der Waals surface area (Å²) in [4.78, 5) is 15.8. The number of nitrogens with zero attached hydrogens (tertiary/aromatic N) is 2.